The summed E-state index contributed by atoms with van der Waals surface area (Å²) in [7, 11) is 0. The molecule has 4 aliphatic rings. The van der Waals surface area contributed by atoms with E-state index in [-0.39, 0.29) is 24.2 Å². The first-order chi connectivity index (χ1) is 7.38. The largest absolute Gasteiger partial charge is 0.444 e. The summed E-state index contributed by atoms with van der Waals surface area (Å²) in [6.07, 6.45) is 0.551. The van der Waals surface area contributed by atoms with Gasteiger partial charge in [0.05, 0.1) is 6.10 Å². The lowest BCUT2D eigenvalue weighted by Crippen LogP contribution is -2.42. The van der Waals surface area contributed by atoms with Crippen LogP contribution >= 0.6 is 0 Å². The standard InChI is InChI=1S/C12H19NO3/c1-12(2,3)16-11(15)13-9-6-4-5-7(9)8(5)10(6)14/h5-10,14H,4H2,1-3H3,(H,13,15)/t5-,6-,7+,8-,9-,10+/m1/s1. The van der Waals surface area contributed by atoms with Crippen molar-refractivity contribution in [3.8, 4) is 0 Å². The van der Waals surface area contributed by atoms with Crippen molar-refractivity contribution in [2.45, 2.75) is 44.9 Å². The van der Waals surface area contributed by atoms with Gasteiger partial charge in [-0.15, -0.1) is 0 Å². The number of ether oxygens (including phenoxy) is 1. The van der Waals surface area contributed by atoms with Gasteiger partial charge in [-0.3, -0.25) is 0 Å². The molecule has 4 bridgehead atoms. The highest BCUT2D eigenvalue weighted by Crippen LogP contribution is 2.70. The molecule has 0 aromatic heterocycles. The van der Waals surface area contributed by atoms with Crippen LogP contribution in [0.3, 0.4) is 0 Å². The number of carbonyl (C=O) groups excluding carboxylic acids is 1. The zero-order valence-corrected chi connectivity index (χ0v) is 9.93. The number of nitrogens with one attached hydrogen (secondary N) is 1. The van der Waals surface area contributed by atoms with E-state index in [2.05, 4.69) is 5.32 Å². The van der Waals surface area contributed by atoms with Gasteiger partial charge in [0, 0.05) is 12.0 Å². The van der Waals surface area contributed by atoms with Gasteiger partial charge in [0.15, 0.2) is 0 Å². The molecule has 0 saturated heterocycles. The third-order valence-electron chi connectivity index (χ3n) is 4.23. The van der Waals surface area contributed by atoms with E-state index in [0.717, 1.165) is 6.42 Å². The first-order valence-electron chi connectivity index (χ1n) is 6.06. The molecule has 90 valence electrons. The lowest BCUT2D eigenvalue weighted by Gasteiger charge is -2.23. The van der Waals surface area contributed by atoms with E-state index in [0.29, 0.717) is 17.8 Å². The number of alkyl carbamates (subject to hydrolysis) is 1. The smallest absolute Gasteiger partial charge is 0.407 e. The van der Waals surface area contributed by atoms with Crippen molar-refractivity contribution in [2.75, 3.05) is 0 Å². The van der Waals surface area contributed by atoms with Crippen LogP contribution in [0.15, 0.2) is 0 Å². The Hall–Kier alpha value is -0.770. The first-order valence-corrected chi connectivity index (χ1v) is 6.06. The maximum absolute atomic E-state index is 11.6. The molecule has 16 heavy (non-hydrogen) atoms. The Kier molecular flexibility index (Phi) is 1.89. The molecule has 4 fully saturated rings. The average molecular weight is 225 g/mol. The molecule has 6 atom stereocenters. The summed E-state index contributed by atoms with van der Waals surface area (Å²) in [6, 6.07) is 0.153. The maximum Gasteiger partial charge on any atom is 0.407 e. The zero-order valence-electron chi connectivity index (χ0n) is 9.93. The molecule has 0 spiro atoms. The molecule has 0 heterocycles. The minimum atomic E-state index is -0.451. The van der Waals surface area contributed by atoms with Gasteiger partial charge in [-0.05, 0) is 44.9 Å². The number of aliphatic hydroxyl groups excluding tert-OH is 1. The summed E-state index contributed by atoms with van der Waals surface area (Å²) in [5, 5.41) is 12.8. The average Bonchev–Trinajstić information content (AvgIpc) is 2.43. The van der Waals surface area contributed by atoms with E-state index in [1.807, 2.05) is 20.8 Å². The SMILES string of the molecule is CC(C)(C)OC(=O)N[C@@H]1[C@H]2C[C@H]3[C@@H]([C@H]2O)[C@H]31. The third-order valence-corrected chi connectivity index (χ3v) is 4.23. The van der Waals surface area contributed by atoms with Crippen molar-refractivity contribution in [3.05, 3.63) is 0 Å². The summed E-state index contributed by atoms with van der Waals surface area (Å²) in [5.41, 5.74) is -0.451. The Bertz CT molecular complexity index is 336. The summed E-state index contributed by atoms with van der Waals surface area (Å²) >= 11 is 0. The van der Waals surface area contributed by atoms with Crippen LogP contribution < -0.4 is 5.32 Å². The Morgan fingerprint density at radius 1 is 1.31 bits per heavy atom. The van der Waals surface area contributed by atoms with Gasteiger partial charge in [0.2, 0.25) is 0 Å². The summed E-state index contributed by atoms with van der Waals surface area (Å²) in [5.74, 6) is 1.92. The van der Waals surface area contributed by atoms with Gasteiger partial charge < -0.3 is 15.2 Å². The topological polar surface area (TPSA) is 58.6 Å². The van der Waals surface area contributed by atoms with Crippen molar-refractivity contribution >= 4 is 6.09 Å². The summed E-state index contributed by atoms with van der Waals surface area (Å²) in [4.78, 5) is 11.6. The maximum atomic E-state index is 11.6. The lowest BCUT2D eigenvalue weighted by molar-refractivity contribution is 0.0476. The molecular weight excluding hydrogens is 206 g/mol. The van der Waals surface area contributed by atoms with Crippen molar-refractivity contribution in [2.24, 2.45) is 23.7 Å². The third kappa shape index (κ3) is 1.35. The highest BCUT2D eigenvalue weighted by molar-refractivity contribution is 5.68. The quantitative estimate of drug-likeness (QED) is 0.703. The first kappa shape index (κ1) is 10.4. The number of carbonyl (C=O) groups is 1. The van der Waals surface area contributed by atoms with Crippen LogP contribution in [0, 0.1) is 23.7 Å². The van der Waals surface area contributed by atoms with Crippen LogP contribution in [-0.2, 0) is 4.74 Å². The normalized spacial score (nSPS) is 48.0. The van der Waals surface area contributed by atoms with Crippen molar-refractivity contribution in [1.29, 1.82) is 0 Å². The van der Waals surface area contributed by atoms with Crippen molar-refractivity contribution in [3.63, 3.8) is 0 Å². The number of hydrogen-bond donors (Lipinski definition) is 2. The van der Waals surface area contributed by atoms with E-state index in [4.69, 9.17) is 4.74 Å². The van der Waals surface area contributed by atoms with Crippen LogP contribution in [0.2, 0.25) is 0 Å². The number of hydrogen-bond acceptors (Lipinski definition) is 3. The fourth-order valence-corrected chi connectivity index (χ4v) is 3.76. The summed E-state index contributed by atoms with van der Waals surface area (Å²) in [6.45, 7) is 5.57. The molecule has 0 radical (unpaired) electrons. The fourth-order valence-electron chi connectivity index (χ4n) is 3.76. The number of amides is 1. The van der Waals surface area contributed by atoms with E-state index in [1.165, 1.54) is 0 Å². The predicted octanol–water partition coefficient (Wildman–Crippen LogP) is 1.14. The molecule has 0 aliphatic heterocycles. The van der Waals surface area contributed by atoms with E-state index >= 15 is 0 Å². The van der Waals surface area contributed by atoms with Gasteiger partial charge in [-0.25, -0.2) is 4.79 Å². The zero-order chi connectivity index (χ0) is 11.7. The second-order valence-electron chi connectivity index (χ2n) is 6.38. The Morgan fingerprint density at radius 3 is 2.38 bits per heavy atom. The van der Waals surface area contributed by atoms with Gasteiger partial charge >= 0.3 is 6.09 Å². The molecule has 4 heteroatoms. The predicted molar refractivity (Wildman–Crippen MR) is 57.7 cm³/mol. The molecule has 1 amide bonds. The highest BCUT2D eigenvalue weighted by atomic mass is 16.6. The fraction of sp³-hybridized carbons (Fsp3) is 0.917. The lowest BCUT2D eigenvalue weighted by atomic mass is 10.1. The highest BCUT2D eigenvalue weighted by Gasteiger charge is 2.73. The monoisotopic (exact) mass is 225 g/mol. The van der Waals surface area contributed by atoms with E-state index in [9.17, 15) is 9.90 Å². The van der Waals surface area contributed by atoms with Crippen LogP contribution in [0.25, 0.3) is 0 Å². The Labute approximate surface area is 95.4 Å². The van der Waals surface area contributed by atoms with Gasteiger partial charge in [0.1, 0.15) is 5.60 Å². The molecule has 2 N–H and O–H groups in total. The Morgan fingerprint density at radius 2 is 2.00 bits per heavy atom. The van der Waals surface area contributed by atoms with Crippen LogP contribution in [0.4, 0.5) is 4.79 Å². The molecule has 4 aliphatic carbocycles. The van der Waals surface area contributed by atoms with Crippen molar-refractivity contribution < 1.29 is 14.6 Å². The minimum Gasteiger partial charge on any atom is -0.444 e. The molecule has 4 nitrogen and oxygen atoms in total. The van der Waals surface area contributed by atoms with Gasteiger partial charge in [0.25, 0.3) is 0 Å². The van der Waals surface area contributed by atoms with Crippen LogP contribution in [0.5, 0.6) is 0 Å². The molecule has 4 saturated carbocycles. The van der Waals surface area contributed by atoms with Gasteiger partial charge in [-0.1, -0.05) is 0 Å². The Balaban J connectivity index is 1.59. The van der Waals surface area contributed by atoms with E-state index in [1.54, 1.807) is 0 Å². The number of rotatable bonds is 1. The van der Waals surface area contributed by atoms with E-state index < -0.39 is 5.60 Å². The molecule has 0 unspecified atom stereocenters. The van der Waals surface area contributed by atoms with Gasteiger partial charge in [-0.2, -0.15) is 0 Å². The number of aliphatic hydroxyl groups is 1. The molecule has 0 aromatic rings. The van der Waals surface area contributed by atoms with Crippen LogP contribution in [0.1, 0.15) is 27.2 Å². The van der Waals surface area contributed by atoms with Crippen LogP contribution in [-0.4, -0.2) is 28.9 Å². The second-order valence-corrected chi connectivity index (χ2v) is 6.38. The molecular formula is C12H19NO3. The van der Waals surface area contributed by atoms with Crippen molar-refractivity contribution in [1.82, 2.24) is 5.32 Å². The molecule has 0 aromatic carbocycles. The summed E-state index contributed by atoms with van der Waals surface area (Å²) < 4.78 is 5.24. The minimum absolute atomic E-state index is 0.153. The molecule has 4 rings (SSSR count). The second kappa shape index (κ2) is 2.92.